The predicted octanol–water partition coefficient (Wildman–Crippen LogP) is 2.16. The molecule has 0 aliphatic heterocycles. The zero-order chi connectivity index (χ0) is 12.4. The van der Waals surface area contributed by atoms with Crippen molar-refractivity contribution in [3.05, 3.63) is 33.0 Å². The number of aromatic nitrogens is 3. The molecule has 0 atom stereocenters. The molecule has 0 saturated carbocycles. The van der Waals surface area contributed by atoms with Crippen molar-refractivity contribution in [2.24, 2.45) is 0 Å². The average molecular weight is 361 g/mol. The molecule has 0 aliphatic carbocycles. The van der Waals surface area contributed by atoms with E-state index < -0.39 is 5.91 Å². The fourth-order valence-corrected chi connectivity index (χ4v) is 2.36. The van der Waals surface area contributed by atoms with Crippen molar-refractivity contribution >= 4 is 49.4 Å². The Morgan fingerprint density at radius 3 is 2.53 bits per heavy atom. The number of rotatable bonds is 2. The predicted molar refractivity (Wildman–Crippen MR) is 70.6 cm³/mol. The van der Waals surface area contributed by atoms with Crippen molar-refractivity contribution < 1.29 is 4.79 Å². The molecule has 88 valence electrons. The molecule has 0 spiro atoms. The van der Waals surface area contributed by atoms with Crippen LogP contribution in [0.2, 0.25) is 0 Å². The van der Waals surface area contributed by atoms with Crippen LogP contribution < -0.4 is 11.1 Å². The first-order chi connectivity index (χ1) is 8.08. The van der Waals surface area contributed by atoms with E-state index in [-0.39, 0.29) is 11.8 Å². The number of amides is 1. The molecule has 1 aromatic carbocycles. The molecule has 0 saturated heterocycles. The maximum absolute atomic E-state index is 11.8. The molecule has 8 heteroatoms. The van der Waals surface area contributed by atoms with Crippen LogP contribution >= 0.6 is 31.9 Å². The summed E-state index contributed by atoms with van der Waals surface area (Å²) in [5.74, 6) is -0.326. The van der Waals surface area contributed by atoms with Crippen LogP contribution in [-0.2, 0) is 0 Å². The largest absolute Gasteiger partial charge is 0.366 e. The van der Waals surface area contributed by atoms with E-state index in [4.69, 9.17) is 5.73 Å². The maximum atomic E-state index is 11.8. The molecule has 0 unspecified atom stereocenters. The number of nitrogen functional groups attached to an aromatic ring is 1. The highest BCUT2D eigenvalue weighted by atomic mass is 79.9. The highest BCUT2D eigenvalue weighted by Gasteiger charge is 2.14. The van der Waals surface area contributed by atoms with Gasteiger partial charge in [-0.3, -0.25) is 9.89 Å². The van der Waals surface area contributed by atoms with Crippen LogP contribution in [0.1, 0.15) is 10.6 Å². The summed E-state index contributed by atoms with van der Waals surface area (Å²) in [5.41, 5.74) is 5.94. The Kier molecular flexibility index (Phi) is 3.43. The fraction of sp³-hybridized carbons (Fsp3) is 0. The van der Waals surface area contributed by atoms with Gasteiger partial charge in [-0.25, -0.2) is 0 Å². The molecule has 0 aliphatic rings. The Bertz CT molecular complexity index is 548. The second-order valence-corrected chi connectivity index (χ2v) is 4.80. The third-order valence-electron chi connectivity index (χ3n) is 1.92. The topological polar surface area (TPSA) is 96.7 Å². The van der Waals surface area contributed by atoms with E-state index in [1.54, 1.807) is 0 Å². The molecule has 2 rings (SSSR count). The van der Waals surface area contributed by atoms with Crippen LogP contribution in [0.5, 0.6) is 0 Å². The lowest BCUT2D eigenvalue weighted by molar-refractivity contribution is 0.101. The van der Waals surface area contributed by atoms with Crippen LogP contribution in [0.15, 0.2) is 27.1 Å². The van der Waals surface area contributed by atoms with Crippen LogP contribution in [-0.4, -0.2) is 21.1 Å². The number of carbonyl (C=O) groups excluding carboxylic acids is 1. The fourth-order valence-electron chi connectivity index (χ4n) is 1.17. The molecule has 0 bridgehead atoms. The maximum Gasteiger partial charge on any atom is 0.293 e. The van der Waals surface area contributed by atoms with Crippen LogP contribution in [0.3, 0.4) is 0 Å². The first kappa shape index (κ1) is 12.1. The monoisotopic (exact) mass is 359 g/mol. The van der Waals surface area contributed by atoms with Gasteiger partial charge >= 0.3 is 0 Å². The van der Waals surface area contributed by atoms with Gasteiger partial charge in [-0.2, -0.15) is 4.98 Å². The zero-order valence-electron chi connectivity index (χ0n) is 8.37. The molecule has 6 nitrogen and oxygen atoms in total. The second-order valence-electron chi connectivity index (χ2n) is 3.09. The summed E-state index contributed by atoms with van der Waals surface area (Å²) in [7, 11) is 0. The molecule has 0 radical (unpaired) electrons. The summed E-state index contributed by atoms with van der Waals surface area (Å²) in [6, 6.07) is 5.47. The lowest BCUT2D eigenvalue weighted by Gasteiger charge is -2.07. The summed E-state index contributed by atoms with van der Waals surface area (Å²) in [6.45, 7) is 0. The molecule has 17 heavy (non-hydrogen) atoms. The van der Waals surface area contributed by atoms with E-state index in [9.17, 15) is 4.79 Å². The Morgan fingerprint density at radius 2 is 2.00 bits per heavy atom. The van der Waals surface area contributed by atoms with Crippen molar-refractivity contribution in [1.29, 1.82) is 0 Å². The summed E-state index contributed by atoms with van der Waals surface area (Å²) in [6.07, 6.45) is 0. The minimum Gasteiger partial charge on any atom is -0.366 e. The number of hydrogen-bond donors (Lipinski definition) is 3. The van der Waals surface area contributed by atoms with Gasteiger partial charge in [0.1, 0.15) is 0 Å². The first-order valence-electron chi connectivity index (χ1n) is 4.51. The SMILES string of the molecule is Nc1n[nH]c(C(=O)Nc2c(Br)cccc2Br)n1. The standard InChI is InChI=1S/C9H7Br2N5O/c10-4-2-1-3-5(11)6(4)13-8(17)7-14-9(12)16-15-7/h1-3H,(H,13,17)(H3,12,14,15,16). The number of benzene rings is 1. The van der Waals surface area contributed by atoms with Crippen molar-refractivity contribution in [1.82, 2.24) is 15.2 Å². The van der Waals surface area contributed by atoms with Gasteiger partial charge < -0.3 is 11.1 Å². The summed E-state index contributed by atoms with van der Waals surface area (Å²) in [5, 5.41) is 8.70. The van der Waals surface area contributed by atoms with E-state index in [0.29, 0.717) is 5.69 Å². The van der Waals surface area contributed by atoms with E-state index in [0.717, 1.165) is 8.95 Å². The summed E-state index contributed by atoms with van der Waals surface area (Å²) >= 11 is 6.68. The molecule has 2 aromatic rings. The molecular weight excluding hydrogens is 354 g/mol. The second kappa shape index (κ2) is 4.84. The Hall–Kier alpha value is -1.41. The van der Waals surface area contributed by atoms with Crippen molar-refractivity contribution in [3.8, 4) is 0 Å². The van der Waals surface area contributed by atoms with Crippen molar-refractivity contribution in [3.63, 3.8) is 0 Å². The molecular formula is C9H7Br2N5O. The smallest absolute Gasteiger partial charge is 0.293 e. The lowest BCUT2D eigenvalue weighted by atomic mass is 10.3. The van der Waals surface area contributed by atoms with Gasteiger partial charge in [0.2, 0.25) is 11.8 Å². The van der Waals surface area contributed by atoms with Gasteiger partial charge in [0.25, 0.3) is 5.91 Å². The minimum atomic E-state index is -0.415. The van der Waals surface area contributed by atoms with E-state index >= 15 is 0 Å². The average Bonchev–Trinajstić information content (AvgIpc) is 2.70. The first-order valence-corrected chi connectivity index (χ1v) is 6.10. The number of carbonyl (C=O) groups is 1. The summed E-state index contributed by atoms with van der Waals surface area (Å²) in [4.78, 5) is 15.5. The number of hydrogen-bond acceptors (Lipinski definition) is 4. The summed E-state index contributed by atoms with van der Waals surface area (Å²) < 4.78 is 1.51. The third kappa shape index (κ3) is 2.64. The number of nitrogens with one attached hydrogen (secondary N) is 2. The van der Waals surface area contributed by atoms with Crippen LogP contribution in [0.25, 0.3) is 0 Å². The van der Waals surface area contributed by atoms with E-state index in [1.807, 2.05) is 18.2 Å². The minimum absolute atomic E-state index is 0.0290. The van der Waals surface area contributed by atoms with Crippen LogP contribution in [0, 0.1) is 0 Å². The lowest BCUT2D eigenvalue weighted by Crippen LogP contribution is -2.14. The Balaban J connectivity index is 2.24. The number of para-hydroxylation sites is 1. The number of aromatic amines is 1. The van der Waals surface area contributed by atoms with Gasteiger partial charge in [0.15, 0.2) is 0 Å². The number of nitrogens with two attached hydrogens (primary N) is 1. The number of nitrogens with zero attached hydrogens (tertiary/aromatic N) is 2. The zero-order valence-corrected chi connectivity index (χ0v) is 11.5. The number of anilines is 2. The van der Waals surface area contributed by atoms with Gasteiger partial charge in [-0.1, -0.05) is 6.07 Å². The van der Waals surface area contributed by atoms with Crippen LogP contribution in [0.4, 0.5) is 11.6 Å². The molecule has 1 aromatic heterocycles. The van der Waals surface area contributed by atoms with E-state index in [2.05, 4.69) is 52.4 Å². The Labute approximate surface area is 113 Å². The quantitative estimate of drug-likeness (QED) is 0.764. The number of H-pyrrole nitrogens is 1. The third-order valence-corrected chi connectivity index (χ3v) is 3.24. The molecule has 4 N–H and O–H groups in total. The normalized spacial score (nSPS) is 10.2. The Morgan fingerprint density at radius 1 is 1.35 bits per heavy atom. The molecule has 1 amide bonds. The van der Waals surface area contributed by atoms with Crippen molar-refractivity contribution in [2.75, 3.05) is 11.1 Å². The highest BCUT2D eigenvalue weighted by molar-refractivity contribution is 9.11. The molecule has 1 heterocycles. The van der Waals surface area contributed by atoms with Gasteiger partial charge in [-0.15, -0.1) is 5.10 Å². The highest BCUT2D eigenvalue weighted by Crippen LogP contribution is 2.30. The van der Waals surface area contributed by atoms with E-state index in [1.165, 1.54) is 0 Å². The number of halogens is 2. The van der Waals surface area contributed by atoms with Gasteiger partial charge in [0.05, 0.1) is 5.69 Å². The van der Waals surface area contributed by atoms with Gasteiger partial charge in [-0.05, 0) is 44.0 Å². The molecule has 0 fully saturated rings. The van der Waals surface area contributed by atoms with Gasteiger partial charge in [0, 0.05) is 8.95 Å². The van der Waals surface area contributed by atoms with Crippen molar-refractivity contribution in [2.45, 2.75) is 0 Å².